The Kier molecular flexibility index (Phi) is 5.99. The smallest absolute Gasteiger partial charge is 0.237 e. The number of benzene rings is 3. The summed E-state index contributed by atoms with van der Waals surface area (Å²) < 4.78 is 14.5. The number of carbonyl (C=O) groups excluding carboxylic acids is 1. The largest absolute Gasteiger partial charge is 0.335 e. The molecule has 0 aliphatic rings. The fraction of sp³-hybridized carbons (Fsp3) is 0.0870. The van der Waals surface area contributed by atoms with Crippen LogP contribution in [0.15, 0.2) is 84.0 Å². The molecule has 0 fully saturated rings. The molecule has 1 amide bonds. The third-order valence-corrected chi connectivity index (χ3v) is 5.74. The van der Waals surface area contributed by atoms with E-state index in [9.17, 15) is 9.18 Å². The number of nitrogens with two attached hydrogens (primary N) is 1. The van der Waals surface area contributed by atoms with E-state index in [1.165, 1.54) is 28.6 Å². The van der Waals surface area contributed by atoms with Gasteiger partial charge in [0.1, 0.15) is 5.82 Å². The van der Waals surface area contributed by atoms with Crippen LogP contribution in [0.4, 0.5) is 10.1 Å². The van der Waals surface area contributed by atoms with Crippen molar-refractivity contribution in [2.75, 3.05) is 11.2 Å². The zero-order valence-corrected chi connectivity index (χ0v) is 17.5. The lowest BCUT2D eigenvalue weighted by Crippen LogP contribution is -2.24. The highest BCUT2D eigenvalue weighted by Crippen LogP contribution is 2.29. The van der Waals surface area contributed by atoms with Gasteiger partial charge in [0.15, 0.2) is 5.82 Å². The number of nitrogens with one attached hydrogen (secondary N) is 1. The zero-order chi connectivity index (χ0) is 21.8. The number of para-hydroxylation sites is 1. The van der Waals surface area contributed by atoms with E-state index in [0.717, 1.165) is 16.8 Å². The highest BCUT2D eigenvalue weighted by Gasteiger charge is 2.21. The highest BCUT2D eigenvalue weighted by molar-refractivity contribution is 8.00. The van der Waals surface area contributed by atoms with E-state index in [4.69, 9.17) is 5.84 Å². The number of nitrogens with zero attached hydrogens (tertiary/aromatic N) is 3. The first-order chi connectivity index (χ1) is 15.0. The molecule has 1 heterocycles. The molecule has 3 N–H and O–H groups in total. The Bertz CT molecular complexity index is 1190. The van der Waals surface area contributed by atoms with Gasteiger partial charge in [0.25, 0.3) is 0 Å². The summed E-state index contributed by atoms with van der Waals surface area (Å²) in [5, 5.41) is 11.1. The van der Waals surface area contributed by atoms with Crippen molar-refractivity contribution in [2.45, 2.75) is 17.3 Å². The van der Waals surface area contributed by atoms with Crippen LogP contribution >= 0.6 is 11.8 Å². The summed E-state index contributed by atoms with van der Waals surface area (Å²) in [6.07, 6.45) is 0. The van der Waals surface area contributed by atoms with Crippen molar-refractivity contribution in [1.82, 2.24) is 14.9 Å². The third-order valence-electron chi connectivity index (χ3n) is 4.69. The number of thioether (sulfide) groups is 1. The average Bonchev–Trinajstić information content (AvgIpc) is 3.15. The number of hydrogen-bond acceptors (Lipinski definition) is 5. The zero-order valence-electron chi connectivity index (χ0n) is 16.7. The molecule has 0 bridgehead atoms. The fourth-order valence-corrected chi connectivity index (χ4v) is 3.83. The second-order valence-electron chi connectivity index (χ2n) is 6.84. The molecule has 0 radical (unpaired) electrons. The van der Waals surface area contributed by atoms with Crippen LogP contribution in [0.1, 0.15) is 6.92 Å². The molecule has 31 heavy (non-hydrogen) atoms. The lowest BCUT2D eigenvalue weighted by molar-refractivity contribution is -0.115. The fourth-order valence-electron chi connectivity index (χ4n) is 3.06. The summed E-state index contributed by atoms with van der Waals surface area (Å²) in [5.74, 6) is 5.99. The lowest BCUT2D eigenvalue weighted by atomic mass is 10.0. The molecule has 0 saturated heterocycles. The van der Waals surface area contributed by atoms with E-state index >= 15 is 0 Å². The molecule has 4 rings (SSSR count). The Morgan fingerprint density at radius 3 is 2.39 bits per heavy atom. The first kappa shape index (κ1) is 20.6. The number of carbonyl (C=O) groups is 1. The maximum Gasteiger partial charge on any atom is 0.237 e. The van der Waals surface area contributed by atoms with Crippen LogP contribution in [0.5, 0.6) is 0 Å². The van der Waals surface area contributed by atoms with Gasteiger partial charge in [0.05, 0.1) is 5.25 Å². The van der Waals surface area contributed by atoms with Gasteiger partial charge in [-0.15, -0.1) is 10.2 Å². The number of halogens is 1. The van der Waals surface area contributed by atoms with Gasteiger partial charge >= 0.3 is 0 Å². The molecule has 3 aromatic carbocycles. The van der Waals surface area contributed by atoms with E-state index in [2.05, 4.69) is 15.5 Å². The predicted octanol–water partition coefficient (Wildman–Crippen LogP) is 4.58. The molecule has 0 aliphatic carbocycles. The molecular weight excluding hydrogens is 413 g/mol. The number of aromatic nitrogens is 3. The molecular formula is C23H20FN5OS. The number of anilines is 1. The van der Waals surface area contributed by atoms with Gasteiger partial charge in [-0.1, -0.05) is 60.3 Å². The Morgan fingerprint density at radius 2 is 1.65 bits per heavy atom. The highest BCUT2D eigenvalue weighted by atomic mass is 32.2. The first-order valence-electron chi connectivity index (χ1n) is 9.61. The monoisotopic (exact) mass is 433 g/mol. The van der Waals surface area contributed by atoms with Gasteiger partial charge in [-0.3, -0.25) is 4.79 Å². The topological polar surface area (TPSA) is 85.8 Å². The molecule has 0 unspecified atom stereocenters. The number of rotatable bonds is 6. The van der Waals surface area contributed by atoms with Crippen molar-refractivity contribution in [2.24, 2.45) is 0 Å². The second kappa shape index (κ2) is 9.01. The second-order valence-corrected chi connectivity index (χ2v) is 8.15. The lowest BCUT2D eigenvalue weighted by Gasteiger charge is -2.14. The van der Waals surface area contributed by atoms with Crippen molar-refractivity contribution < 1.29 is 9.18 Å². The van der Waals surface area contributed by atoms with Crippen LogP contribution in [0.3, 0.4) is 0 Å². The Hall–Kier alpha value is -3.65. The maximum absolute atomic E-state index is 13.2. The van der Waals surface area contributed by atoms with Crippen molar-refractivity contribution in [3.63, 3.8) is 0 Å². The summed E-state index contributed by atoms with van der Waals surface area (Å²) in [4.78, 5) is 12.9. The maximum atomic E-state index is 13.2. The number of amides is 1. The third kappa shape index (κ3) is 4.59. The van der Waals surface area contributed by atoms with E-state index in [-0.39, 0.29) is 11.7 Å². The summed E-state index contributed by atoms with van der Waals surface area (Å²) >= 11 is 1.20. The SMILES string of the molecule is C[C@@H](Sc1nnc(-c2ccc(F)cc2)n1N)C(=O)Nc1ccccc1-c1ccccc1. The van der Waals surface area contributed by atoms with Gasteiger partial charge < -0.3 is 11.2 Å². The molecule has 8 heteroatoms. The van der Waals surface area contributed by atoms with Gasteiger partial charge in [0.2, 0.25) is 11.1 Å². The Balaban J connectivity index is 1.49. The molecule has 156 valence electrons. The molecule has 1 atom stereocenters. The van der Waals surface area contributed by atoms with Crippen LogP contribution in [-0.2, 0) is 4.79 Å². The summed E-state index contributed by atoms with van der Waals surface area (Å²) in [7, 11) is 0. The molecule has 6 nitrogen and oxygen atoms in total. The van der Waals surface area contributed by atoms with E-state index in [0.29, 0.717) is 16.5 Å². The molecule has 0 saturated carbocycles. The molecule has 0 spiro atoms. The minimum Gasteiger partial charge on any atom is -0.335 e. The van der Waals surface area contributed by atoms with Crippen LogP contribution in [0.25, 0.3) is 22.5 Å². The summed E-state index contributed by atoms with van der Waals surface area (Å²) in [5.41, 5.74) is 3.32. The molecule has 1 aromatic heterocycles. The van der Waals surface area contributed by atoms with Crippen molar-refractivity contribution >= 4 is 23.4 Å². The minimum absolute atomic E-state index is 0.181. The van der Waals surface area contributed by atoms with Crippen LogP contribution in [0, 0.1) is 5.82 Å². The van der Waals surface area contributed by atoms with Crippen molar-refractivity contribution in [3.8, 4) is 22.5 Å². The molecule has 0 aliphatic heterocycles. The van der Waals surface area contributed by atoms with Crippen LogP contribution in [0.2, 0.25) is 0 Å². The Labute approximate surface area is 183 Å². The first-order valence-corrected chi connectivity index (χ1v) is 10.5. The van der Waals surface area contributed by atoms with Crippen LogP contribution in [-0.4, -0.2) is 26.0 Å². The summed E-state index contributed by atoms with van der Waals surface area (Å²) in [6, 6.07) is 23.3. The van der Waals surface area contributed by atoms with Crippen molar-refractivity contribution in [1.29, 1.82) is 0 Å². The van der Waals surface area contributed by atoms with Gasteiger partial charge in [0, 0.05) is 16.8 Å². The Morgan fingerprint density at radius 1 is 0.968 bits per heavy atom. The standard InChI is InChI=1S/C23H20FN5OS/c1-15(31-23-28-27-21(29(23)25)17-11-13-18(24)14-12-17)22(30)26-20-10-6-5-9-19(20)16-7-3-2-4-8-16/h2-15H,25H2,1H3,(H,26,30)/t15-/m1/s1. The van der Waals surface area contributed by atoms with Gasteiger partial charge in [-0.2, -0.15) is 0 Å². The molecule has 4 aromatic rings. The van der Waals surface area contributed by atoms with E-state index in [1.54, 1.807) is 19.1 Å². The van der Waals surface area contributed by atoms with Gasteiger partial charge in [-0.05, 0) is 42.8 Å². The normalized spacial score (nSPS) is 11.8. The number of hydrogen-bond donors (Lipinski definition) is 2. The van der Waals surface area contributed by atoms with Crippen molar-refractivity contribution in [3.05, 3.63) is 84.7 Å². The predicted molar refractivity (Wildman–Crippen MR) is 121 cm³/mol. The average molecular weight is 434 g/mol. The van der Waals surface area contributed by atoms with E-state index in [1.807, 2.05) is 54.6 Å². The number of nitrogen functional groups attached to an aromatic ring is 1. The quantitative estimate of drug-likeness (QED) is 0.343. The summed E-state index contributed by atoms with van der Waals surface area (Å²) in [6.45, 7) is 1.78. The minimum atomic E-state index is -0.476. The van der Waals surface area contributed by atoms with Crippen LogP contribution < -0.4 is 11.2 Å². The van der Waals surface area contributed by atoms with Gasteiger partial charge in [-0.25, -0.2) is 9.07 Å². The van der Waals surface area contributed by atoms with E-state index < -0.39 is 5.25 Å².